The third-order valence-electron chi connectivity index (χ3n) is 6.36. The number of hydrogen-bond acceptors (Lipinski definition) is 6. The van der Waals surface area contributed by atoms with E-state index >= 15 is 0 Å². The molecule has 5 atom stereocenters. The van der Waals surface area contributed by atoms with E-state index in [-0.39, 0.29) is 30.5 Å². The second kappa shape index (κ2) is 18.0. The number of benzene rings is 1. The molecule has 6 heteroatoms. The van der Waals surface area contributed by atoms with Crippen molar-refractivity contribution in [3.8, 4) is 0 Å². The smallest absolute Gasteiger partial charge is 0.150 e. The quantitative estimate of drug-likeness (QED) is 0.167. The Bertz CT molecular complexity index is 681. The molecule has 1 saturated heterocycles. The molecule has 1 aliphatic rings. The van der Waals surface area contributed by atoms with Crippen LogP contribution in [-0.2, 0) is 23.7 Å². The Morgan fingerprint density at radius 3 is 1.94 bits per heavy atom. The van der Waals surface area contributed by atoms with E-state index in [0.717, 1.165) is 63.2 Å². The zero-order chi connectivity index (χ0) is 25.3. The number of unbranched alkanes of at least 4 members (excludes halogenated alkanes) is 4. The highest BCUT2D eigenvalue weighted by molar-refractivity contribution is 5.75. The predicted octanol–water partition coefficient (Wildman–Crippen LogP) is 6.31. The van der Waals surface area contributed by atoms with Crippen LogP contribution in [0.1, 0.15) is 101 Å². The van der Waals surface area contributed by atoms with Crippen LogP contribution >= 0.6 is 0 Å². The number of carbonyl (C=O) groups excluding carboxylic acids is 1. The van der Waals surface area contributed by atoms with E-state index in [1.807, 2.05) is 24.3 Å². The van der Waals surface area contributed by atoms with Crippen molar-refractivity contribution in [3.63, 3.8) is 0 Å². The van der Waals surface area contributed by atoms with Crippen LogP contribution in [-0.4, -0.2) is 63.7 Å². The Kier molecular flexibility index (Phi) is 15.4. The van der Waals surface area contributed by atoms with Gasteiger partial charge in [-0.1, -0.05) is 71.6 Å². The lowest BCUT2D eigenvalue weighted by Crippen LogP contribution is -2.58. The van der Waals surface area contributed by atoms with Gasteiger partial charge in [0.05, 0.1) is 6.61 Å². The van der Waals surface area contributed by atoms with Crippen molar-refractivity contribution in [3.05, 3.63) is 35.4 Å². The molecule has 0 saturated carbocycles. The molecule has 0 unspecified atom stereocenters. The van der Waals surface area contributed by atoms with Crippen LogP contribution in [0.4, 0.5) is 0 Å². The molecule has 0 spiro atoms. The van der Waals surface area contributed by atoms with Crippen LogP contribution in [0.2, 0.25) is 0 Å². The molecule has 0 aromatic heterocycles. The summed E-state index contributed by atoms with van der Waals surface area (Å²) in [5.41, 5.74) is 1.55. The fourth-order valence-corrected chi connectivity index (χ4v) is 4.24. The molecule has 2 rings (SSSR count). The lowest BCUT2D eigenvalue weighted by Gasteiger charge is -2.46. The average Bonchev–Trinajstić information content (AvgIpc) is 2.88. The fourth-order valence-electron chi connectivity index (χ4n) is 4.24. The molecule has 1 aromatic carbocycles. The Hall–Kier alpha value is -1.31. The molecule has 0 aliphatic carbocycles. The van der Waals surface area contributed by atoms with Gasteiger partial charge < -0.3 is 23.7 Å². The minimum absolute atomic E-state index is 0.280. The van der Waals surface area contributed by atoms with Gasteiger partial charge in [0, 0.05) is 32.0 Å². The van der Waals surface area contributed by atoms with Crippen molar-refractivity contribution in [1.82, 2.24) is 0 Å². The van der Waals surface area contributed by atoms with Gasteiger partial charge in [0.15, 0.2) is 0 Å². The summed E-state index contributed by atoms with van der Waals surface area (Å²) in [6, 6.07) is 7.60. The van der Waals surface area contributed by atoms with Crippen LogP contribution in [0.3, 0.4) is 0 Å². The molecular formula is C29H48O6. The molecule has 1 fully saturated rings. The van der Waals surface area contributed by atoms with Crippen molar-refractivity contribution in [2.75, 3.05) is 33.0 Å². The van der Waals surface area contributed by atoms with E-state index in [0.29, 0.717) is 38.6 Å². The Morgan fingerprint density at radius 2 is 1.34 bits per heavy atom. The molecule has 0 amide bonds. The molecular weight excluding hydrogens is 444 g/mol. The molecule has 200 valence electrons. The summed E-state index contributed by atoms with van der Waals surface area (Å²) in [4.78, 5) is 11.5. The molecule has 6 nitrogen and oxygen atoms in total. The number of carbonyl (C=O) groups is 1. The molecule has 0 radical (unpaired) electrons. The summed E-state index contributed by atoms with van der Waals surface area (Å²) < 4.78 is 32.2. The van der Waals surface area contributed by atoms with Crippen molar-refractivity contribution < 1.29 is 28.5 Å². The maximum absolute atomic E-state index is 11.5. The summed E-state index contributed by atoms with van der Waals surface area (Å²) in [5.74, 6) is 0. The second-order valence-corrected chi connectivity index (χ2v) is 9.38. The zero-order valence-electron chi connectivity index (χ0n) is 22.4. The lowest BCUT2D eigenvalue weighted by molar-refractivity contribution is -0.268. The van der Waals surface area contributed by atoms with E-state index < -0.39 is 0 Å². The largest absolute Gasteiger partial charge is 0.379 e. The van der Waals surface area contributed by atoms with Crippen LogP contribution in [0.5, 0.6) is 0 Å². The van der Waals surface area contributed by atoms with E-state index in [9.17, 15) is 4.79 Å². The first-order valence-corrected chi connectivity index (χ1v) is 13.8. The van der Waals surface area contributed by atoms with Crippen LogP contribution in [0.15, 0.2) is 24.3 Å². The molecule has 35 heavy (non-hydrogen) atoms. The van der Waals surface area contributed by atoms with Crippen molar-refractivity contribution in [2.24, 2.45) is 0 Å². The monoisotopic (exact) mass is 492 g/mol. The van der Waals surface area contributed by atoms with Gasteiger partial charge in [0.1, 0.15) is 36.8 Å². The van der Waals surface area contributed by atoms with E-state index in [2.05, 4.69) is 27.7 Å². The van der Waals surface area contributed by atoms with Gasteiger partial charge in [-0.05, 0) is 37.3 Å². The molecule has 1 aliphatic heterocycles. The topological polar surface area (TPSA) is 63.2 Å². The SMILES string of the molecule is CCCCOC[C@H]1O[C@@H](c2cccc(C=O)c2)[C@H](OCCCC)[C@@H](OCCCC)[C@@H]1OCCCC. The van der Waals surface area contributed by atoms with Gasteiger partial charge in [0.2, 0.25) is 0 Å². The molecule has 0 N–H and O–H groups in total. The zero-order valence-corrected chi connectivity index (χ0v) is 22.4. The average molecular weight is 493 g/mol. The first kappa shape index (κ1) is 29.9. The van der Waals surface area contributed by atoms with E-state index in [1.165, 1.54) is 0 Å². The van der Waals surface area contributed by atoms with Crippen molar-refractivity contribution >= 4 is 6.29 Å². The third kappa shape index (κ3) is 9.93. The van der Waals surface area contributed by atoms with Crippen LogP contribution < -0.4 is 0 Å². The van der Waals surface area contributed by atoms with Gasteiger partial charge >= 0.3 is 0 Å². The highest BCUT2D eigenvalue weighted by Gasteiger charge is 2.48. The minimum atomic E-state index is -0.371. The number of aldehydes is 1. The van der Waals surface area contributed by atoms with Crippen LogP contribution in [0.25, 0.3) is 0 Å². The first-order chi connectivity index (χ1) is 17.2. The van der Waals surface area contributed by atoms with Crippen molar-refractivity contribution in [1.29, 1.82) is 0 Å². The summed E-state index contributed by atoms with van der Waals surface area (Å²) in [6.45, 7) is 11.7. The molecule has 1 aromatic rings. The standard InChI is InChI=1S/C29H48O6/c1-5-9-16-31-22-25-27(32-17-10-6-2)29(34-19-12-8-4)28(33-18-11-7-3)26(35-25)24-15-13-14-23(20-24)21-30/h13-15,20-21,25-29H,5-12,16-19,22H2,1-4H3/t25-,26+,27-,28+,29+/m1/s1. The summed E-state index contributed by atoms with van der Waals surface area (Å²) >= 11 is 0. The maximum Gasteiger partial charge on any atom is 0.150 e. The second-order valence-electron chi connectivity index (χ2n) is 9.38. The Balaban J connectivity index is 2.39. The Labute approximate surface area is 213 Å². The number of rotatable bonds is 19. The van der Waals surface area contributed by atoms with E-state index in [4.69, 9.17) is 23.7 Å². The third-order valence-corrected chi connectivity index (χ3v) is 6.36. The van der Waals surface area contributed by atoms with Gasteiger partial charge in [-0.2, -0.15) is 0 Å². The van der Waals surface area contributed by atoms with Gasteiger partial charge in [-0.25, -0.2) is 0 Å². The maximum atomic E-state index is 11.5. The first-order valence-electron chi connectivity index (χ1n) is 13.8. The van der Waals surface area contributed by atoms with Gasteiger partial charge in [-0.15, -0.1) is 0 Å². The van der Waals surface area contributed by atoms with Crippen molar-refractivity contribution in [2.45, 2.75) is 110 Å². The summed E-state index contributed by atoms with van der Waals surface area (Å²) in [6.07, 6.45) is 7.49. The highest BCUT2D eigenvalue weighted by Crippen LogP contribution is 2.38. The number of hydrogen-bond donors (Lipinski definition) is 0. The fraction of sp³-hybridized carbons (Fsp3) is 0.759. The Morgan fingerprint density at radius 1 is 0.771 bits per heavy atom. The van der Waals surface area contributed by atoms with Gasteiger partial charge in [0.25, 0.3) is 0 Å². The van der Waals surface area contributed by atoms with Crippen LogP contribution in [0, 0.1) is 0 Å². The summed E-state index contributed by atoms with van der Waals surface area (Å²) in [5, 5.41) is 0. The number of ether oxygens (including phenoxy) is 5. The summed E-state index contributed by atoms with van der Waals surface area (Å²) in [7, 11) is 0. The predicted molar refractivity (Wildman–Crippen MR) is 139 cm³/mol. The normalized spacial score (nSPS) is 24.5. The van der Waals surface area contributed by atoms with Gasteiger partial charge in [-0.3, -0.25) is 4.79 Å². The molecule has 0 bridgehead atoms. The minimum Gasteiger partial charge on any atom is -0.379 e. The lowest BCUT2D eigenvalue weighted by atomic mass is 9.90. The molecule has 1 heterocycles. The highest BCUT2D eigenvalue weighted by atomic mass is 16.6. The van der Waals surface area contributed by atoms with E-state index in [1.54, 1.807) is 0 Å².